The number of sulfone groups is 1. The van der Waals surface area contributed by atoms with Gasteiger partial charge in [0.2, 0.25) is 0 Å². The van der Waals surface area contributed by atoms with Crippen LogP contribution in [0.15, 0.2) is 29.2 Å². The number of imide groups is 1. The fourth-order valence-electron chi connectivity index (χ4n) is 1.53. The van der Waals surface area contributed by atoms with Gasteiger partial charge in [-0.05, 0) is 19.1 Å². The molecule has 0 unspecified atom stereocenters. The van der Waals surface area contributed by atoms with Gasteiger partial charge in [-0.2, -0.15) is 0 Å². The van der Waals surface area contributed by atoms with Crippen LogP contribution in [0.2, 0.25) is 0 Å². The van der Waals surface area contributed by atoms with Gasteiger partial charge in [-0.1, -0.05) is 12.1 Å². The molecule has 2 N–H and O–H groups in total. The van der Waals surface area contributed by atoms with Crippen LogP contribution in [0.25, 0.3) is 0 Å². The van der Waals surface area contributed by atoms with Crippen LogP contribution in [0.1, 0.15) is 17.3 Å². The van der Waals surface area contributed by atoms with E-state index >= 15 is 0 Å². The van der Waals surface area contributed by atoms with Crippen molar-refractivity contribution in [3.63, 3.8) is 0 Å². The van der Waals surface area contributed by atoms with E-state index in [9.17, 15) is 22.8 Å². The van der Waals surface area contributed by atoms with Crippen molar-refractivity contribution in [2.75, 3.05) is 19.4 Å². The average molecular weight is 328 g/mol. The largest absolute Gasteiger partial charge is 0.452 e. The molecule has 0 bridgehead atoms. The van der Waals surface area contributed by atoms with Crippen LogP contribution in [-0.4, -0.2) is 45.7 Å². The van der Waals surface area contributed by atoms with Gasteiger partial charge in [0, 0.05) is 12.8 Å². The second kappa shape index (κ2) is 7.55. The minimum absolute atomic E-state index is 0.171. The predicted octanol–water partition coefficient (Wildman–Crippen LogP) is 0.0926. The highest BCUT2D eigenvalue weighted by Gasteiger charge is 2.20. The predicted molar refractivity (Wildman–Crippen MR) is 77.0 cm³/mol. The van der Waals surface area contributed by atoms with Crippen molar-refractivity contribution in [1.29, 1.82) is 0 Å². The maximum atomic E-state index is 11.9. The third kappa shape index (κ3) is 5.17. The standard InChI is InChI=1S/C13H16N2O6S/c1-3-14-13(18)15-11(16)8-21-12(17)9-6-4-5-7-10(9)22(2,19)20/h4-7H,3,8H2,1-2H3,(H2,14,15,16,18). The summed E-state index contributed by atoms with van der Waals surface area (Å²) in [7, 11) is -3.61. The minimum atomic E-state index is -3.61. The highest BCUT2D eigenvalue weighted by atomic mass is 32.2. The van der Waals surface area contributed by atoms with Gasteiger partial charge in [0.15, 0.2) is 16.4 Å². The Kier molecular flexibility index (Phi) is 6.05. The first-order valence-electron chi connectivity index (χ1n) is 6.29. The monoisotopic (exact) mass is 328 g/mol. The molecule has 120 valence electrons. The van der Waals surface area contributed by atoms with E-state index in [0.29, 0.717) is 6.54 Å². The smallest absolute Gasteiger partial charge is 0.339 e. The number of rotatable bonds is 5. The topological polar surface area (TPSA) is 119 Å². The van der Waals surface area contributed by atoms with Crippen molar-refractivity contribution < 1.29 is 27.5 Å². The van der Waals surface area contributed by atoms with Gasteiger partial charge in [-0.3, -0.25) is 10.1 Å². The molecule has 0 aliphatic rings. The Labute approximate surface area is 127 Å². The van der Waals surface area contributed by atoms with E-state index in [1.54, 1.807) is 6.92 Å². The quantitative estimate of drug-likeness (QED) is 0.740. The lowest BCUT2D eigenvalue weighted by Gasteiger charge is -2.08. The van der Waals surface area contributed by atoms with Crippen LogP contribution >= 0.6 is 0 Å². The lowest BCUT2D eigenvalue weighted by atomic mass is 10.2. The fraction of sp³-hybridized carbons (Fsp3) is 0.308. The van der Waals surface area contributed by atoms with E-state index in [0.717, 1.165) is 6.26 Å². The molecule has 0 atom stereocenters. The van der Waals surface area contributed by atoms with Crippen LogP contribution in [0.3, 0.4) is 0 Å². The normalized spacial score (nSPS) is 10.6. The fourth-order valence-corrected chi connectivity index (χ4v) is 2.41. The molecule has 9 heteroatoms. The third-order valence-electron chi connectivity index (χ3n) is 2.43. The van der Waals surface area contributed by atoms with Crippen molar-refractivity contribution in [2.24, 2.45) is 0 Å². The molecule has 1 aromatic carbocycles. The second-order valence-electron chi connectivity index (χ2n) is 4.25. The van der Waals surface area contributed by atoms with Crippen molar-refractivity contribution >= 4 is 27.7 Å². The highest BCUT2D eigenvalue weighted by molar-refractivity contribution is 7.90. The van der Waals surface area contributed by atoms with Gasteiger partial charge in [0.1, 0.15) is 0 Å². The molecule has 0 heterocycles. The Balaban J connectivity index is 2.71. The summed E-state index contributed by atoms with van der Waals surface area (Å²) >= 11 is 0. The maximum absolute atomic E-state index is 11.9. The Hall–Kier alpha value is -2.42. The molecule has 0 aliphatic heterocycles. The number of esters is 1. The first-order chi connectivity index (χ1) is 10.3. The summed E-state index contributed by atoms with van der Waals surface area (Å²) < 4.78 is 27.9. The summed E-state index contributed by atoms with van der Waals surface area (Å²) in [5, 5.41) is 4.28. The Bertz CT molecular complexity index is 684. The lowest BCUT2D eigenvalue weighted by Crippen LogP contribution is -2.41. The summed E-state index contributed by atoms with van der Waals surface area (Å²) in [6.45, 7) is 1.31. The zero-order valence-electron chi connectivity index (χ0n) is 12.1. The molecule has 3 amide bonds. The number of nitrogens with one attached hydrogen (secondary N) is 2. The summed E-state index contributed by atoms with van der Waals surface area (Å²) in [5.74, 6) is -1.79. The average Bonchev–Trinajstić information content (AvgIpc) is 2.44. The van der Waals surface area contributed by atoms with E-state index in [4.69, 9.17) is 4.74 Å². The molecule has 0 saturated heterocycles. The Morgan fingerprint density at radius 2 is 1.82 bits per heavy atom. The van der Waals surface area contributed by atoms with Crippen LogP contribution < -0.4 is 10.6 Å². The van der Waals surface area contributed by atoms with E-state index in [1.807, 2.05) is 5.32 Å². The number of urea groups is 1. The van der Waals surface area contributed by atoms with Crippen molar-refractivity contribution in [3.8, 4) is 0 Å². The molecule has 8 nitrogen and oxygen atoms in total. The maximum Gasteiger partial charge on any atom is 0.339 e. The zero-order valence-corrected chi connectivity index (χ0v) is 12.9. The number of ether oxygens (including phenoxy) is 1. The molecule has 22 heavy (non-hydrogen) atoms. The Morgan fingerprint density at radius 1 is 1.18 bits per heavy atom. The molecular weight excluding hydrogens is 312 g/mol. The van der Waals surface area contributed by atoms with Crippen LogP contribution in [0, 0.1) is 0 Å². The van der Waals surface area contributed by atoms with Crippen molar-refractivity contribution in [3.05, 3.63) is 29.8 Å². The molecule has 0 aliphatic carbocycles. The summed E-state index contributed by atoms with van der Waals surface area (Å²) in [6, 6.07) is 4.77. The van der Waals surface area contributed by atoms with E-state index in [2.05, 4.69) is 5.32 Å². The van der Waals surface area contributed by atoms with E-state index < -0.39 is 34.4 Å². The van der Waals surface area contributed by atoms with Crippen LogP contribution in [-0.2, 0) is 19.4 Å². The number of amides is 3. The first kappa shape index (κ1) is 17.6. The highest BCUT2D eigenvalue weighted by Crippen LogP contribution is 2.16. The van der Waals surface area contributed by atoms with Crippen LogP contribution in [0.4, 0.5) is 4.79 Å². The Morgan fingerprint density at radius 3 is 2.41 bits per heavy atom. The molecule has 1 aromatic rings. The molecule has 0 spiro atoms. The number of carbonyl (C=O) groups is 3. The second-order valence-corrected chi connectivity index (χ2v) is 6.24. The molecular formula is C13H16N2O6S. The number of benzene rings is 1. The van der Waals surface area contributed by atoms with Gasteiger partial charge < -0.3 is 10.1 Å². The van der Waals surface area contributed by atoms with Crippen molar-refractivity contribution in [2.45, 2.75) is 11.8 Å². The molecule has 1 rings (SSSR count). The molecule has 0 saturated carbocycles. The van der Waals surface area contributed by atoms with Gasteiger partial charge in [0.05, 0.1) is 10.5 Å². The van der Waals surface area contributed by atoms with Gasteiger partial charge in [-0.15, -0.1) is 0 Å². The van der Waals surface area contributed by atoms with Crippen LogP contribution in [0.5, 0.6) is 0 Å². The number of hydrogen-bond acceptors (Lipinski definition) is 6. The van der Waals surface area contributed by atoms with Gasteiger partial charge >= 0.3 is 12.0 Å². The van der Waals surface area contributed by atoms with Crippen molar-refractivity contribution in [1.82, 2.24) is 10.6 Å². The summed E-state index contributed by atoms with van der Waals surface area (Å²) in [4.78, 5) is 34.1. The summed E-state index contributed by atoms with van der Waals surface area (Å²) in [6.07, 6.45) is 0.959. The first-order valence-corrected chi connectivity index (χ1v) is 8.18. The van der Waals surface area contributed by atoms with E-state index in [1.165, 1.54) is 24.3 Å². The summed E-state index contributed by atoms with van der Waals surface area (Å²) in [5.41, 5.74) is -0.171. The lowest BCUT2D eigenvalue weighted by molar-refractivity contribution is -0.123. The van der Waals surface area contributed by atoms with Gasteiger partial charge in [0.25, 0.3) is 5.91 Å². The minimum Gasteiger partial charge on any atom is -0.452 e. The molecule has 0 radical (unpaired) electrons. The van der Waals surface area contributed by atoms with Gasteiger partial charge in [-0.25, -0.2) is 18.0 Å². The third-order valence-corrected chi connectivity index (χ3v) is 3.59. The van der Waals surface area contributed by atoms with E-state index in [-0.39, 0.29) is 10.5 Å². The molecule has 0 fully saturated rings. The number of hydrogen-bond donors (Lipinski definition) is 2. The molecule has 0 aromatic heterocycles. The zero-order chi connectivity index (χ0) is 16.8. The number of carbonyl (C=O) groups excluding carboxylic acids is 3. The SMILES string of the molecule is CCNC(=O)NC(=O)COC(=O)c1ccccc1S(C)(=O)=O.